The molecule has 4 bridgehead atoms. The quantitative estimate of drug-likeness (QED) is 0.499. The molecule has 1 N–H and O–H groups in total. The lowest BCUT2D eigenvalue weighted by Crippen LogP contribution is -2.15. The van der Waals surface area contributed by atoms with Gasteiger partial charge in [0, 0.05) is 0 Å². The number of hydrogen-bond acceptors (Lipinski definition) is 1. The highest BCUT2D eigenvalue weighted by Gasteiger charge is 2.24. The molecule has 0 saturated heterocycles. The van der Waals surface area contributed by atoms with Crippen LogP contribution in [0.1, 0.15) is 84.7 Å². The molecule has 0 saturated carbocycles. The summed E-state index contributed by atoms with van der Waals surface area (Å²) in [6.07, 6.45) is 20.7. The van der Waals surface area contributed by atoms with Gasteiger partial charge < -0.3 is 5.11 Å². The van der Waals surface area contributed by atoms with Crippen LogP contribution in [0.5, 0.6) is 0 Å². The molecule has 2 nitrogen and oxygen atoms in total. The molecule has 0 heterocycles. The maximum absolute atomic E-state index is 12.0. The van der Waals surface area contributed by atoms with Gasteiger partial charge in [0.15, 0.2) is 0 Å². The van der Waals surface area contributed by atoms with Gasteiger partial charge in [-0.05, 0) is 83.1 Å². The Balaban J connectivity index is 1.47. The fraction of sp³-hybridized carbons (Fsp3) is 0.387. The van der Waals surface area contributed by atoms with Crippen LogP contribution in [0.4, 0.5) is 0 Å². The lowest BCUT2D eigenvalue weighted by molar-refractivity contribution is -0.140. The van der Waals surface area contributed by atoms with Gasteiger partial charge in [-0.2, -0.15) is 0 Å². The van der Waals surface area contributed by atoms with Crippen LogP contribution >= 0.6 is 0 Å². The van der Waals surface area contributed by atoms with E-state index in [1.807, 2.05) is 0 Å². The summed E-state index contributed by atoms with van der Waals surface area (Å²) in [6.45, 7) is 0. The minimum absolute atomic E-state index is 0.369. The van der Waals surface area contributed by atoms with Crippen molar-refractivity contribution in [2.24, 2.45) is 5.92 Å². The largest absolute Gasteiger partial charge is 0.481 e. The third-order valence-electron chi connectivity index (χ3n) is 7.63. The molecule has 170 valence electrons. The SMILES string of the molecule is O=C(O)C1CCCCCCCCc2c(ccc3c2C=CC3)Cc2cccc(c2)C2=CC1=CC2. The molecule has 2 heteroatoms. The number of rotatable bonds is 1. The number of aliphatic carboxylic acids is 1. The van der Waals surface area contributed by atoms with E-state index in [0.29, 0.717) is 0 Å². The molecule has 1 unspecified atom stereocenters. The summed E-state index contributed by atoms with van der Waals surface area (Å²) in [5.41, 5.74) is 10.8. The smallest absolute Gasteiger partial charge is 0.310 e. The fourth-order valence-electron chi connectivity index (χ4n) is 5.79. The number of benzene rings is 2. The van der Waals surface area contributed by atoms with E-state index in [9.17, 15) is 9.90 Å². The Bertz CT molecular complexity index is 1130. The summed E-state index contributed by atoms with van der Waals surface area (Å²) >= 11 is 0. The topological polar surface area (TPSA) is 37.3 Å². The molecule has 0 spiro atoms. The van der Waals surface area contributed by atoms with Crippen molar-refractivity contribution in [3.63, 3.8) is 0 Å². The van der Waals surface area contributed by atoms with Gasteiger partial charge in [-0.25, -0.2) is 0 Å². The minimum atomic E-state index is -0.680. The molecule has 0 aliphatic heterocycles. The van der Waals surface area contributed by atoms with Crippen molar-refractivity contribution in [2.75, 3.05) is 0 Å². The Kier molecular flexibility index (Phi) is 6.62. The van der Waals surface area contributed by atoms with Gasteiger partial charge in [-0.1, -0.05) is 92.8 Å². The van der Waals surface area contributed by atoms with Crippen LogP contribution in [0.2, 0.25) is 0 Å². The summed E-state index contributed by atoms with van der Waals surface area (Å²) in [5.74, 6) is -1.05. The van der Waals surface area contributed by atoms with E-state index in [-0.39, 0.29) is 5.92 Å². The fourth-order valence-corrected chi connectivity index (χ4v) is 5.79. The Labute approximate surface area is 197 Å². The molecular weight excluding hydrogens is 404 g/mol. The van der Waals surface area contributed by atoms with E-state index in [1.54, 1.807) is 5.56 Å². The average molecular weight is 439 g/mol. The highest BCUT2D eigenvalue weighted by atomic mass is 16.4. The summed E-state index contributed by atoms with van der Waals surface area (Å²) < 4.78 is 0. The van der Waals surface area contributed by atoms with Gasteiger partial charge in [-0.3, -0.25) is 4.79 Å². The molecule has 2 aromatic rings. The molecule has 0 radical (unpaired) electrons. The maximum atomic E-state index is 12.0. The Morgan fingerprint density at radius 2 is 1.73 bits per heavy atom. The zero-order chi connectivity index (χ0) is 22.6. The third-order valence-corrected chi connectivity index (χ3v) is 7.63. The van der Waals surface area contributed by atoms with Crippen LogP contribution < -0.4 is 0 Å². The molecule has 0 aromatic heterocycles. The summed E-state index contributed by atoms with van der Waals surface area (Å²) in [7, 11) is 0. The standard InChI is InChI=1S/C31H34O2/c32-31(33)30-13-6-4-2-1-3-5-12-29-26(17-15-23-10-8-14-28(23)29)20-22-9-7-11-24(19-22)25-16-18-27(30)21-25/h7-9,11,14-15,17-19,21,30H,1-6,10,12-13,16,20H2,(H,32,33). The number of fused-ring (bicyclic) bond motifs is 7. The van der Waals surface area contributed by atoms with Gasteiger partial charge >= 0.3 is 5.97 Å². The monoisotopic (exact) mass is 438 g/mol. The van der Waals surface area contributed by atoms with Crippen molar-refractivity contribution in [1.29, 1.82) is 0 Å². The maximum Gasteiger partial charge on any atom is 0.310 e. The van der Waals surface area contributed by atoms with Crippen molar-refractivity contribution >= 4 is 17.6 Å². The van der Waals surface area contributed by atoms with Gasteiger partial charge in [0.2, 0.25) is 0 Å². The van der Waals surface area contributed by atoms with Crippen molar-refractivity contribution in [1.82, 2.24) is 0 Å². The molecule has 33 heavy (non-hydrogen) atoms. The van der Waals surface area contributed by atoms with E-state index < -0.39 is 5.97 Å². The first-order chi connectivity index (χ1) is 16.2. The first-order valence-corrected chi connectivity index (χ1v) is 12.7. The van der Waals surface area contributed by atoms with Crippen LogP contribution in [-0.2, 0) is 24.1 Å². The lowest BCUT2D eigenvalue weighted by Gasteiger charge is -2.16. The number of carbonyl (C=O) groups is 1. The van der Waals surface area contributed by atoms with Crippen molar-refractivity contribution in [3.8, 4) is 0 Å². The van der Waals surface area contributed by atoms with Crippen LogP contribution in [0, 0.1) is 5.92 Å². The van der Waals surface area contributed by atoms with Crippen molar-refractivity contribution in [2.45, 2.75) is 70.6 Å². The first-order valence-electron chi connectivity index (χ1n) is 12.7. The highest BCUT2D eigenvalue weighted by molar-refractivity contribution is 5.80. The van der Waals surface area contributed by atoms with E-state index >= 15 is 0 Å². The second kappa shape index (κ2) is 9.95. The molecule has 1 atom stereocenters. The molecule has 0 fully saturated rings. The van der Waals surface area contributed by atoms with Gasteiger partial charge in [0.25, 0.3) is 0 Å². The number of hydrogen-bond donors (Lipinski definition) is 1. The molecule has 3 aliphatic rings. The first kappa shape index (κ1) is 21.9. The molecule has 5 rings (SSSR count). The van der Waals surface area contributed by atoms with Crippen molar-refractivity contribution < 1.29 is 9.90 Å². The molecule has 3 aliphatic carbocycles. The Hall–Kier alpha value is -2.87. The third kappa shape index (κ3) is 4.90. The Morgan fingerprint density at radius 1 is 0.909 bits per heavy atom. The van der Waals surface area contributed by atoms with Crippen LogP contribution in [-0.4, -0.2) is 11.1 Å². The summed E-state index contributed by atoms with van der Waals surface area (Å²) in [5, 5.41) is 9.84. The molecule has 0 amide bonds. The zero-order valence-electron chi connectivity index (χ0n) is 19.5. The van der Waals surface area contributed by atoms with Gasteiger partial charge in [0.05, 0.1) is 5.92 Å². The van der Waals surface area contributed by atoms with E-state index in [1.165, 1.54) is 59.1 Å². The van der Waals surface area contributed by atoms with Crippen LogP contribution in [0.25, 0.3) is 11.6 Å². The second-order valence-electron chi connectivity index (χ2n) is 9.89. The highest BCUT2D eigenvalue weighted by Crippen LogP contribution is 2.34. The summed E-state index contributed by atoms with van der Waals surface area (Å²) in [6, 6.07) is 13.6. The van der Waals surface area contributed by atoms with Crippen LogP contribution in [0.15, 0.2) is 60.2 Å². The van der Waals surface area contributed by atoms with E-state index in [0.717, 1.165) is 50.5 Å². The number of allylic oxidation sites excluding steroid dienone is 4. The average Bonchev–Trinajstić information content (AvgIpc) is 3.48. The molecular formula is C31H34O2. The van der Waals surface area contributed by atoms with Crippen molar-refractivity contribution in [3.05, 3.63) is 93.6 Å². The van der Waals surface area contributed by atoms with E-state index in [4.69, 9.17) is 0 Å². The van der Waals surface area contributed by atoms with E-state index in [2.05, 4.69) is 60.7 Å². The normalized spacial score (nSPS) is 20.8. The predicted octanol–water partition coefficient (Wildman–Crippen LogP) is 7.55. The zero-order valence-corrected chi connectivity index (χ0v) is 19.5. The second-order valence-corrected chi connectivity index (χ2v) is 9.89. The summed E-state index contributed by atoms with van der Waals surface area (Å²) in [4.78, 5) is 12.0. The van der Waals surface area contributed by atoms with Gasteiger partial charge in [0.1, 0.15) is 0 Å². The molecule has 2 aromatic carbocycles. The predicted molar refractivity (Wildman–Crippen MR) is 136 cm³/mol. The number of carboxylic acid groups (broad SMARTS) is 1. The minimum Gasteiger partial charge on any atom is -0.481 e. The lowest BCUT2D eigenvalue weighted by atomic mass is 9.89. The van der Waals surface area contributed by atoms with Crippen LogP contribution in [0.3, 0.4) is 0 Å². The van der Waals surface area contributed by atoms with Gasteiger partial charge in [-0.15, -0.1) is 0 Å². The number of carboxylic acids is 1. The Morgan fingerprint density at radius 3 is 2.61 bits per heavy atom.